The van der Waals surface area contributed by atoms with Gasteiger partial charge in [0.2, 0.25) is 5.82 Å². The van der Waals surface area contributed by atoms with Crippen molar-refractivity contribution in [3.63, 3.8) is 0 Å². The van der Waals surface area contributed by atoms with Gasteiger partial charge < -0.3 is 10.6 Å². The van der Waals surface area contributed by atoms with Gasteiger partial charge in [-0.3, -0.25) is 24.3 Å². The molecule has 0 atom stereocenters. The van der Waals surface area contributed by atoms with E-state index in [1.807, 2.05) is 0 Å². The van der Waals surface area contributed by atoms with E-state index in [1.165, 1.54) is 6.20 Å². The first kappa shape index (κ1) is 15.3. The minimum atomic E-state index is -0.729. The molecule has 3 rings (SSSR count). The molecule has 0 aliphatic rings. The highest BCUT2D eigenvalue weighted by atomic mass is 16.6. The van der Waals surface area contributed by atoms with Crippen molar-refractivity contribution < 1.29 is 4.92 Å². The van der Waals surface area contributed by atoms with Gasteiger partial charge in [0.05, 0.1) is 11.1 Å². The molecular weight excluding hydrogens is 314 g/mol. The first-order valence-corrected chi connectivity index (χ1v) is 7.06. The first-order valence-electron chi connectivity index (χ1n) is 7.06. The third kappa shape index (κ3) is 3.11. The van der Waals surface area contributed by atoms with E-state index in [-0.39, 0.29) is 5.82 Å². The van der Waals surface area contributed by atoms with Crippen LogP contribution in [0.4, 0.5) is 17.3 Å². The number of fused-ring (bicyclic) bond motifs is 1. The second-order valence-electron chi connectivity index (χ2n) is 4.74. The summed E-state index contributed by atoms with van der Waals surface area (Å²) in [6.07, 6.45) is 6.10. The van der Waals surface area contributed by atoms with Crippen LogP contribution in [0.25, 0.3) is 5.65 Å². The summed E-state index contributed by atoms with van der Waals surface area (Å²) >= 11 is 0. The standard InChI is InChI=1S/C14H13N7O3/c22-14-12(21(23)24)13(19-11-3-1-2-8-20(11)14)18-7-6-17-10-9-15-4-5-16-10/h1-5,8-9,18H,6-7H2,(H,16,17). The molecular formula is C14H13N7O3. The monoisotopic (exact) mass is 327 g/mol. The Morgan fingerprint density at radius 2 is 2.04 bits per heavy atom. The molecule has 0 amide bonds. The normalized spacial score (nSPS) is 10.5. The van der Waals surface area contributed by atoms with Crippen LogP contribution in [-0.4, -0.2) is 37.4 Å². The van der Waals surface area contributed by atoms with Crippen LogP contribution in [0.2, 0.25) is 0 Å². The van der Waals surface area contributed by atoms with Crippen LogP contribution in [0.1, 0.15) is 0 Å². The maximum Gasteiger partial charge on any atom is 0.376 e. The van der Waals surface area contributed by atoms with Gasteiger partial charge in [-0.2, -0.15) is 0 Å². The van der Waals surface area contributed by atoms with Crippen LogP contribution >= 0.6 is 0 Å². The van der Waals surface area contributed by atoms with E-state index >= 15 is 0 Å². The van der Waals surface area contributed by atoms with Crippen LogP contribution in [-0.2, 0) is 0 Å². The van der Waals surface area contributed by atoms with Crippen LogP contribution in [0, 0.1) is 10.1 Å². The number of hydrogen-bond acceptors (Lipinski definition) is 8. The van der Waals surface area contributed by atoms with Crippen LogP contribution in [0.15, 0.2) is 47.8 Å². The zero-order valence-electron chi connectivity index (χ0n) is 12.4. The molecule has 2 N–H and O–H groups in total. The Bertz CT molecular complexity index is 927. The molecule has 0 unspecified atom stereocenters. The molecule has 0 bridgehead atoms. The van der Waals surface area contributed by atoms with Gasteiger partial charge in [-0.25, -0.2) is 9.97 Å². The molecule has 0 saturated carbocycles. The largest absolute Gasteiger partial charge is 0.376 e. The van der Waals surface area contributed by atoms with Crippen molar-refractivity contribution in [2.45, 2.75) is 0 Å². The van der Waals surface area contributed by atoms with Gasteiger partial charge in [-0.1, -0.05) is 6.07 Å². The second-order valence-corrected chi connectivity index (χ2v) is 4.74. The Balaban J connectivity index is 1.79. The summed E-state index contributed by atoms with van der Waals surface area (Å²) in [4.78, 5) is 34.9. The van der Waals surface area contributed by atoms with Crippen molar-refractivity contribution >= 4 is 23.0 Å². The van der Waals surface area contributed by atoms with E-state index in [9.17, 15) is 14.9 Å². The number of nitrogens with one attached hydrogen (secondary N) is 2. The zero-order valence-corrected chi connectivity index (χ0v) is 12.4. The Hall–Kier alpha value is -3.56. The van der Waals surface area contributed by atoms with Gasteiger partial charge in [0, 0.05) is 31.7 Å². The number of hydrogen-bond donors (Lipinski definition) is 2. The van der Waals surface area contributed by atoms with Crippen molar-refractivity contribution in [1.82, 2.24) is 19.4 Å². The average Bonchev–Trinajstić information content (AvgIpc) is 2.59. The van der Waals surface area contributed by atoms with Crippen LogP contribution in [0.3, 0.4) is 0 Å². The lowest BCUT2D eigenvalue weighted by molar-refractivity contribution is -0.385. The van der Waals surface area contributed by atoms with Crippen molar-refractivity contribution in [2.75, 3.05) is 23.7 Å². The number of aromatic nitrogens is 4. The van der Waals surface area contributed by atoms with E-state index in [4.69, 9.17) is 0 Å². The SMILES string of the molecule is O=c1c([N+](=O)[O-])c(NCCNc2cnccn2)nc2ccccn12. The van der Waals surface area contributed by atoms with Crippen molar-refractivity contribution in [3.05, 3.63) is 63.5 Å². The number of rotatable bonds is 6. The predicted molar refractivity (Wildman–Crippen MR) is 87.1 cm³/mol. The van der Waals surface area contributed by atoms with Gasteiger partial charge in [-0.15, -0.1) is 0 Å². The fraction of sp³-hybridized carbons (Fsp3) is 0.143. The molecule has 10 nitrogen and oxygen atoms in total. The summed E-state index contributed by atoms with van der Waals surface area (Å²) in [6.45, 7) is 0.735. The van der Waals surface area contributed by atoms with Gasteiger partial charge >= 0.3 is 11.2 Å². The Morgan fingerprint density at radius 1 is 1.21 bits per heavy atom. The van der Waals surface area contributed by atoms with Gasteiger partial charge in [0.1, 0.15) is 11.5 Å². The highest BCUT2D eigenvalue weighted by Crippen LogP contribution is 2.17. The molecule has 0 saturated heterocycles. The number of pyridine rings is 1. The molecule has 3 aromatic rings. The minimum Gasteiger partial charge on any atom is -0.367 e. The van der Waals surface area contributed by atoms with Crippen molar-refractivity contribution in [1.29, 1.82) is 0 Å². The summed E-state index contributed by atoms with van der Waals surface area (Å²) in [5, 5.41) is 17.0. The molecule has 0 fully saturated rings. The number of anilines is 2. The maximum atomic E-state index is 12.3. The third-order valence-corrected chi connectivity index (χ3v) is 3.18. The van der Waals surface area contributed by atoms with E-state index in [0.717, 1.165) is 4.40 Å². The van der Waals surface area contributed by atoms with Crippen LogP contribution < -0.4 is 16.2 Å². The molecule has 0 radical (unpaired) electrons. The maximum absolute atomic E-state index is 12.3. The number of nitrogens with zero attached hydrogens (tertiary/aromatic N) is 5. The Labute approximate surface area is 135 Å². The quantitative estimate of drug-likeness (QED) is 0.388. The first-order chi connectivity index (χ1) is 11.7. The molecule has 24 heavy (non-hydrogen) atoms. The molecule has 0 aromatic carbocycles. The summed E-state index contributed by atoms with van der Waals surface area (Å²) < 4.78 is 1.14. The predicted octanol–water partition coefficient (Wildman–Crippen LogP) is 0.917. The zero-order chi connectivity index (χ0) is 16.9. The lowest BCUT2D eigenvalue weighted by Gasteiger charge is -2.09. The van der Waals surface area contributed by atoms with Crippen LogP contribution in [0.5, 0.6) is 0 Å². The summed E-state index contributed by atoms with van der Waals surface area (Å²) in [6, 6.07) is 4.92. The van der Waals surface area contributed by atoms with E-state index in [2.05, 4.69) is 25.6 Å². The van der Waals surface area contributed by atoms with E-state index in [0.29, 0.717) is 24.6 Å². The minimum absolute atomic E-state index is 0.0582. The smallest absolute Gasteiger partial charge is 0.367 e. The summed E-state index contributed by atoms with van der Waals surface area (Å²) in [5.74, 6) is 0.525. The Kier molecular flexibility index (Phi) is 4.27. The molecule has 3 aromatic heterocycles. The van der Waals surface area contributed by atoms with Gasteiger partial charge in [-0.05, 0) is 12.1 Å². The molecule has 122 valence electrons. The van der Waals surface area contributed by atoms with Gasteiger partial charge in [0.25, 0.3) is 0 Å². The Morgan fingerprint density at radius 3 is 2.79 bits per heavy atom. The van der Waals surface area contributed by atoms with E-state index < -0.39 is 16.2 Å². The molecule has 0 aliphatic heterocycles. The molecule has 10 heteroatoms. The highest BCUT2D eigenvalue weighted by molar-refractivity contribution is 5.59. The van der Waals surface area contributed by atoms with Crippen molar-refractivity contribution in [2.24, 2.45) is 0 Å². The van der Waals surface area contributed by atoms with E-state index in [1.54, 1.807) is 36.8 Å². The summed E-state index contributed by atoms with van der Waals surface area (Å²) in [5.41, 5.74) is -0.981. The molecule has 0 spiro atoms. The highest BCUT2D eigenvalue weighted by Gasteiger charge is 2.22. The molecule has 3 heterocycles. The van der Waals surface area contributed by atoms with Gasteiger partial charge in [0.15, 0.2) is 0 Å². The average molecular weight is 327 g/mol. The third-order valence-electron chi connectivity index (χ3n) is 3.18. The second kappa shape index (κ2) is 6.69. The lowest BCUT2D eigenvalue weighted by atomic mass is 10.4. The topological polar surface area (TPSA) is 127 Å². The fourth-order valence-corrected chi connectivity index (χ4v) is 2.13. The summed E-state index contributed by atoms with van der Waals surface area (Å²) in [7, 11) is 0. The van der Waals surface area contributed by atoms with Crippen molar-refractivity contribution in [3.8, 4) is 0 Å². The number of nitro groups is 1. The lowest BCUT2D eigenvalue weighted by Crippen LogP contribution is -2.23. The molecule has 0 aliphatic carbocycles. The fourth-order valence-electron chi connectivity index (χ4n) is 2.13.